The van der Waals surface area contributed by atoms with E-state index in [0.717, 1.165) is 17.7 Å². The Hall–Kier alpha value is -2.29. The molecule has 2 aromatic carbocycles. The van der Waals surface area contributed by atoms with Crippen molar-refractivity contribution in [3.05, 3.63) is 65.7 Å². The number of nitrogens with one attached hydrogen (secondary N) is 1. The van der Waals surface area contributed by atoms with Crippen molar-refractivity contribution in [2.75, 3.05) is 13.2 Å². The van der Waals surface area contributed by atoms with Crippen LogP contribution in [0.3, 0.4) is 0 Å². The fourth-order valence-electron chi connectivity index (χ4n) is 2.05. The summed E-state index contributed by atoms with van der Waals surface area (Å²) in [6.45, 7) is 3.08. The van der Waals surface area contributed by atoms with Crippen molar-refractivity contribution >= 4 is 5.91 Å². The van der Waals surface area contributed by atoms with E-state index in [2.05, 4.69) is 17.4 Å². The van der Waals surface area contributed by atoms with E-state index in [0.29, 0.717) is 19.6 Å². The third-order valence-electron chi connectivity index (χ3n) is 3.17. The van der Waals surface area contributed by atoms with E-state index in [1.807, 2.05) is 49.4 Å². The lowest BCUT2D eigenvalue weighted by Crippen LogP contribution is -2.27. The van der Waals surface area contributed by atoms with Gasteiger partial charge in [0.05, 0.1) is 13.0 Å². The fraction of sp³-hybridized carbons (Fsp3) is 0.278. The maximum absolute atomic E-state index is 11.7. The van der Waals surface area contributed by atoms with E-state index in [4.69, 9.17) is 4.74 Å². The lowest BCUT2D eigenvalue weighted by Gasteiger charge is -2.08. The van der Waals surface area contributed by atoms with Crippen molar-refractivity contribution in [3.63, 3.8) is 0 Å². The summed E-state index contributed by atoms with van der Waals surface area (Å²) in [5.74, 6) is 0.839. The Labute approximate surface area is 126 Å². The van der Waals surface area contributed by atoms with Crippen LogP contribution in [-0.4, -0.2) is 19.1 Å². The van der Waals surface area contributed by atoms with Gasteiger partial charge in [0.1, 0.15) is 5.75 Å². The molecule has 2 aromatic rings. The van der Waals surface area contributed by atoms with Crippen LogP contribution in [0.25, 0.3) is 0 Å². The van der Waals surface area contributed by atoms with Gasteiger partial charge in [0.2, 0.25) is 5.91 Å². The molecule has 0 unspecified atom stereocenters. The zero-order valence-corrected chi connectivity index (χ0v) is 12.3. The Morgan fingerprint density at radius 1 is 1.10 bits per heavy atom. The molecule has 0 bridgehead atoms. The second kappa shape index (κ2) is 8.10. The average Bonchev–Trinajstić information content (AvgIpc) is 2.48. The van der Waals surface area contributed by atoms with Crippen molar-refractivity contribution in [2.45, 2.75) is 19.8 Å². The summed E-state index contributed by atoms with van der Waals surface area (Å²) in [6, 6.07) is 18.0. The summed E-state index contributed by atoms with van der Waals surface area (Å²) in [5, 5.41) is 2.91. The van der Waals surface area contributed by atoms with E-state index < -0.39 is 0 Å². The number of aryl methyl sites for hydroxylation is 1. The molecule has 0 spiro atoms. The van der Waals surface area contributed by atoms with Crippen molar-refractivity contribution in [1.29, 1.82) is 0 Å². The van der Waals surface area contributed by atoms with Crippen LogP contribution in [0.4, 0.5) is 0 Å². The Kier molecular flexibility index (Phi) is 5.83. The first-order valence-corrected chi connectivity index (χ1v) is 7.24. The van der Waals surface area contributed by atoms with Gasteiger partial charge in [0.15, 0.2) is 0 Å². The number of carbonyl (C=O) groups excluding carboxylic acids is 1. The fourth-order valence-corrected chi connectivity index (χ4v) is 2.05. The van der Waals surface area contributed by atoms with Crippen molar-refractivity contribution in [2.24, 2.45) is 0 Å². The first-order valence-electron chi connectivity index (χ1n) is 7.24. The summed E-state index contributed by atoms with van der Waals surface area (Å²) >= 11 is 0. The molecule has 21 heavy (non-hydrogen) atoms. The van der Waals surface area contributed by atoms with Crippen LogP contribution < -0.4 is 10.1 Å². The van der Waals surface area contributed by atoms with Gasteiger partial charge in [-0.05, 0) is 36.6 Å². The number of ether oxygens (including phenoxy) is 1. The van der Waals surface area contributed by atoms with E-state index in [1.54, 1.807) is 0 Å². The van der Waals surface area contributed by atoms with Crippen molar-refractivity contribution < 1.29 is 9.53 Å². The predicted molar refractivity (Wildman–Crippen MR) is 84.4 cm³/mol. The van der Waals surface area contributed by atoms with Gasteiger partial charge in [-0.15, -0.1) is 0 Å². The second-order valence-corrected chi connectivity index (χ2v) is 5.00. The van der Waals surface area contributed by atoms with Crippen molar-refractivity contribution in [3.8, 4) is 5.75 Å². The number of benzene rings is 2. The highest BCUT2D eigenvalue weighted by Gasteiger charge is 2.02. The van der Waals surface area contributed by atoms with Gasteiger partial charge in [-0.2, -0.15) is 0 Å². The number of rotatable bonds is 7. The molecule has 0 radical (unpaired) electrons. The van der Waals surface area contributed by atoms with E-state index >= 15 is 0 Å². The van der Waals surface area contributed by atoms with Crippen LogP contribution in [0.1, 0.15) is 17.5 Å². The van der Waals surface area contributed by atoms with Crippen LogP contribution in [-0.2, 0) is 11.2 Å². The maximum Gasteiger partial charge on any atom is 0.223 e. The largest absolute Gasteiger partial charge is 0.493 e. The third kappa shape index (κ3) is 5.69. The number of amides is 1. The minimum Gasteiger partial charge on any atom is -0.493 e. The molecule has 0 saturated heterocycles. The van der Waals surface area contributed by atoms with Crippen LogP contribution in [0, 0.1) is 6.92 Å². The molecule has 3 nitrogen and oxygen atoms in total. The van der Waals surface area contributed by atoms with Crippen LogP contribution >= 0.6 is 0 Å². The van der Waals surface area contributed by atoms with E-state index in [1.165, 1.54) is 5.56 Å². The Morgan fingerprint density at radius 2 is 1.90 bits per heavy atom. The first-order chi connectivity index (χ1) is 10.2. The highest BCUT2D eigenvalue weighted by Crippen LogP contribution is 2.12. The number of carbonyl (C=O) groups is 1. The smallest absolute Gasteiger partial charge is 0.223 e. The van der Waals surface area contributed by atoms with Gasteiger partial charge in [0.25, 0.3) is 0 Å². The number of hydrogen-bond donors (Lipinski definition) is 1. The van der Waals surface area contributed by atoms with E-state index in [9.17, 15) is 4.79 Å². The summed E-state index contributed by atoms with van der Waals surface area (Å²) in [6.07, 6.45) is 1.23. The van der Waals surface area contributed by atoms with Gasteiger partial charge in [-0.25, -0.2) is 0 Å². The van der Waals surface area contributed by atoms with Gasteiger partial charge in [0, 0.05) is 6.54 Å². The molecule has 0 aliphatic carbocycles. The molecule has 0 aromatic heterocycles. The summed E-state index contributed by atoms with van der Waals surface area (Å²) in [7, 11) is 0. The average molecular weight is 283 g/mol. The SMILES string of the molecule is Cc1cccc(OCCC(=O)NCCc2ccccc2)c1. The molecule has 2 rings (SSSR count). The lowest BCUT2D eigenvalue weighted by atomic mass is 10.1. The Balaban J connectivity index is 1.61. The maximum atomic E-state index is 11.7. The van der Waals surface area contributed by atoms with Crippen LogP contribution in [0.2, 0.25) is 0 Å². The highest BCUT2D eigenvalue weighted by atomic mass is 16.5. The molecule has 0 atom stereocenters. The summed E-state index contributed by atoms with van der Waals surface area (Å²) in [5.41, 5.74) is 2.38. The van der Waals surface area contributed by atoms with Crippen LogP contribution in [0.15, 0.2) is 54.6 Å². The van der Waals surface area contributed by atoms with Crippen molar-refractivity contribution in [1.82, 2.24) is 5.32 Å². The summed E-state index contributed by atoms with van der Waals surface area (Å²) < 4.78 is 5.56. The normalized spacial score (nSPS) is 10.1. The topological polar surface area (TPSA) is 38.3 Å². The molecular formula is C18H21NO2. The number of hydrogen-bond acceptors (Lipinski definition) is 2. The molecule has 3 heteroatoms. The molecule has 1 N–H and O–H groups in total. The Bertz CT molecular complexity index is 566. The molecule has 110 valence electrons. The minimum absolute atomic E-state index is 0.0265. The van der Waals surface area contributed by atoms with Crippen LogP contribution in [0.5, 0.6) is 5.75 Å². The predicted octanol–water partition coefficient (Wildman–Crippen LogP) is 3.12. The highest BCUT2D eigenvalue weighted by molar-refractivity contribution is 5.75. The molecule has 0 saturated carbocycles. The quantitative estimate of drug-likeness (QED) is 0.848. The van der Waals surface area contributed by atoms with Gasteiger partial charge in [-0.3, -0.25) is 4.79 Å². The van der Waals surface area contributed by atoms with Gasteiger partial charge < -0.3 is 10.1 Å². The van der Waals surface area contributed by atoms with Gasteiger partial charge >= 0.3 is 0 Å². The third-order valence-corrected chi connectivity index (χ3v) is 3.17. The molecule has 1 amide bonds. The summed E-state index contributed by atoms with van der Waals surface area (Å²) in [4.78, 5) is 11.7. The molecule has 0 heterocycles. The van der Waals surface area contributed by atoms with E-state index in [-0.39, 0.29) is 5.91 Å². The minimum atomic E-state index is 0.0265. The molecule has 0 aliphatic rings. The first kappa shape index (κ1) is 15.1. The molecule has 0 aliphatic heterocycles. The monoisotopic (exact) mass is 283 g/mol. The lowest BCUT2D eigenvalue weighted by molar-refractivity contribution is -0.121. The second-order valence-electron chi connectivity index (χ2n) is 5.00. The molecule has 0 fully saturated rings. The zero-order chi connectivity index (χ0) is 14.9. The van der Waals surface area contributed by atoms with Gasteiger partial charge in [-0.1, -0.05) is 42.5 Å². The standard InChI is InChI=1S/C18H21NO2/c1-15-6-5-9-17(14-15)21-13-11-18(20)19-12-10-16-7-3-2-4-8-16/h2-9,14H,10-13H2,1H3,(H,19,20). The molecular weight excluding hydrogens is 262 g/mol. The Morgan fingerprint density at radius 3 is 2.67 bits per heavy atom. The zero-order valence-electron chi connectivity index (χ0n) is 12.3.